The molecule has 0 bridgehead atoms. The summed E-state index contributed by atoms with van der Waals surface area (Å²) in [6, 6.07) is 0. The summed E-state index contributed by atoms with van der Waals surface area (Å²) in [6.45, 7) is 9.56. The summed E-state index contributed by atoms with van der Waals surface area (Å²) in [5.41, 5.74) is 3.28. The summed E-state index contributed by atoms with van der Waals surface area (Å²) in [6.07, 6.45) is -4.06. The molecule has 0 saturated carbocycles. The highest BCUT2D eigenvalue weighted by molar-refractivity contribution is 8.14. The van der Waals surface area contributed by atoms with E-state index in [2.05, 4.69) is 15.0 Å². The van der Waals surface area contributed by atoms with Gasteiger partial charge in [0.15, 0.2) is 39.6 Å². The van der Waals surface area contributed by atoms with Crippen molar-refractivity contribution in [3.05, 3.63) is 6.33 Å². The minimum atomic E-state index is -4.40. The number of nitrogens with zero attached hydrogens (tertiary/aromatic N) is 5. The van der Waals surface area contributed by atoms with Gasteiger partial charge < -0.3 is 20.5 Å². The molecule has 0 amide bonds. The highest BCUT2D eigenvalue weighted by Crippen LogP contribution is 2.52. The van der Waals surface area contributed by atoms with E-state index in [0.29, 0.717) is 11.3 Å². The van der Waals surface area contributed by atoms with Crippen LogP contribution in [-0.4, -0.2) is 104 Å². The molecule has 0 aromatic carbocycles. The van der Waals surface area contributed by atoms with Gasteiger partial charge in [-0.1, -0.05) is 65.1 Å². The van der Waals surface area contributed by atoms with Crippen molar-refractivity contribution in [3.8, 4) is 0 Å². The first kappa shape index (κ1) is 38.9. The Bertz CT molecular complexity index is 1400. The number of carbonyl (C=O) groups excluding carboxylic acids is 2. The standard InChI is InChI=1S/C27H43ClFN6O8PS2/c1-25(2,3)22(37)45-11-9-40-44(39,41-10-12-46-23(38)26(4,5)6)42-14-27(13-28)18(36)16(29)21(43-27)35-15-31-17-19(34(7)8)32-24(30)33-20(17)35/h15-16,18,21,36H,9-14H2,1-8H3,(H2,30,32,33)/t16-,18-,21+,27+/m0/s1. The van der Waals surface area contributed by atoms with Crippen LogP contribution in [-0.2, 0) is 32.5 Å². The number of aliphatic hydroxyl groups is 1. The van der Waals surface area contributed by atoms with Crippen molar-refractivity contribution in [2.24, 2.45) is 10.8 Å². The Morgan fingerprint density at radius 1 is 1.11 bits per heavy atom. The Morgan fingerprint density at radius 3 is 2.13 bits per heavy atom. The maximum atomic E-state index is 15.8. The van der Waals surface area contributed by atoms with E-state index in [4.69, 9.17) is 35.6 Å². The van der Waals surface area contributed by atoms with Gasteiger partial charge >= 0.3 is 7.82 Å². The van der Waals surface area contributed by atoms with Gasteiger partial charge in [-0.2, -0.15) is 9.97 Å². The van der Waals surface area contributed by atoms with Gasteiger partial charge in [-0.05, 0) is 0 Å². The summed E-state index contributed by atoms with van der Waals surface area (Å²) in [5, 5.41) is 10.8. The van der Waals surface area contributed by atoms with Gasteiger partial charge in [-0.15, -0.1) is 11.6 Å². The van der Waals surface area contributed by atoms with Crippen LogP contribution in [0, 0.1) is 10.8 Å². The van der Waals surface area contributed by atoms with Gasteiger partial charge in [0.2, 0.25) is 5.95 Å². The van der Waals surface area contributed by atoms with Crippen molar-refractivity contribution in [1.29, 1.82) is 0 Å². The van der Waals surface area contributed by atoms with E-state index in [1.807, 2.05) is 0 Å². The van der Waals surface area contributed by atoms with Crippen LogP contribution in [0.5, 0.6) is 0 Å². The smallest absolute Gasteiger partial charge is 0.387 e. The zero-order valence-corrected chi connectivity index (χ0v) is 30.5. The van der Waals surface area contributed by atoms with Gasteiger partial charge in [0.25, 0.3) is 0 Å². The topological polar surface area (TPSA) is 181 Å². The number of anilines is 2. The Morgan fingerprint density at radius 2 is 1.65 bits per heavy atom. The van der Waals surface area contributed by atoms with Crippen molar-refractivity contribution < 1.29 is 42.0 Å². The number of halogens is 2. The molecule has 2 aromatic heterocycles. The molecule has 260 valence electrons. The molecule has 3 heterocycles. The van der Waals surface area contributed by atoms with Crippen LogP contribution in [0.25, 0.3) is 11.2 Å². The first-order valence-corrected chi connectivity index (χ1v) is 18.3. The molecule has 3 N–H and O–H groups in total. The van der Waals surface area contributed by atoms with E-state index in [1.165, 1.54) is 10.9 Å². The molecule has 14 nitrogen and oxygen atoms in total. The molecule has 2 aromatic rings. The Labute approximate surface area is 281 Å². The lowest BCUT2D eigenvalue weighted by molar-refractivity contribution is -0.118. The monoisotopic (exact) mass is 728 g/mol. The number of aliphatic hydroxyl groups excluding tert-OH is 1. The predicted octanol–water partition coefficient (Wildman–Crippen LogP) is 4.45. The number of hydrogen-bond acceptors (Lipinski definition) is 15. The van der Waals surface area contributed by atoms with Crippen LogP contribution < -0.4 is 10.6 Å². The molecule has 3 rings (SSSR count). The van der Waals surface area contributed by atoms with Gasteiger partial charge in [-0.25, -0.2) is 13.9 Å². The second-order valence-corrected chi connectivity index (χ2v) is 17.0. The number of alkyl halides is 2. The second-order valence-electron chi connectivity index (χ2n) is 12.9. The molecule has 1 saturated heterocycles. The molecule has 0 unspecified atom stereocenters. The summed E-state index contributed by atoms with van der Waals surface area (Å²) in [7, 11) is -0.940. The molecule has 1 aliphatic rings. The lowest BCUT2D eigenvalue weighted by Gasteiger charge is -2.30. The lowest BCUT2D eigenvalue weighted by Crippen LogP contribution is -2.47. The average Bonchev–Trinajstić information content (AvgIpc) is 3.49. The number of ether oxygens (including phenoxy) is 1. The minimum Gasteiger partial charge on any atom is -0.387 e. The molecule has 0 spiro atoms. The quantitative estimate of drug-likeness (QED) is 0.158. The van der Waals surface area contributed by atoms with E-state index in [0.717, 1.165) is 23.5 Å². The molecule has 0 aliphatic carbocycles. The summed E-state index contributed by atoms with van der Waals surface area (Å²) in [4.78, 5) is 38.9. The van der Waals surface area contributed by atoms with Gasteiger partial charge in [-0.3, -0.25) is 27.7 Å². The summed E-state index contributed by atoms with van der Waals surface area (Å²) < 4.78 is 53.4. The predicted molar refractivity (Wildman–Crippen MR) is 178 cm³/mol. The number of imidazole rings is 1. The highest BCUT2D eigenvalue weighted by Gasteiger charge is 2.57. The number of phosphoric acid groups is 1. The molecule has 1 fully saturated rings. The number of thioether (sulfide) groups is 2. The Hall–Kier alpha value is -1.56. The lowest BCUT2D eigenvalue weighted by atomic mass is 9.99. The fraction of sp³-hybridized carbons (Fsp3) is 0.741. The first-order valence-electron chi connectivity index (χ1n) is 14.4. The minimum absolute atomic E-state index is 0.0844. The largest absolute Gasteiger partial charge is 0.474 e. The fourth-order valence-corrected chi connectivity index (χ4v) is 7.36. The zero-order valence-electron chi connectivity index (χ0n) is 27.2. The molecular weight excluding hydrogens is 686 g/mol. The van der Waals surface area contributed by atoms with Crippen LogP contribution in [0.15, 0.2) is 6.33 Å². The molecular formula is C27H43ClFN6O8PS2. The number of hydrogen-bond donors (Lipinski definition) is 2. The van der Waals surface area contributed by atoms with Crippen LogP contribution in [0.1, 0.15) is 47.8 Å². The average molecular weight is 729 g/mol. The zero-order chi connectivity index (χ0) is 34.7. The molecule has 0 radical (unpaired) electrons. The highest BCUT2D eigenvalue weighted by atomic mass is 35.5. The maximum absolute atomic E-state index is 15.8. The molecule has 46 heavy (non-hydrogen) atoms. The SMILES string of the molecule is CN(C)c1nc(N)nc2c1ncn2[C@@H]1O[C@](CCl)(COP(=O)(OCCSC(=O)C(C)(C)C)OCCSC(=O)C(C)(C)C)[C@@H](O)[C@@H]1F. The summed E-state index contributed by atoms with van der Waals surface area (Å²) in [5.74, 6) is 0.128. The molecule has 1 aliphatic heterocycles. The van der Waals surface area contributed by atoms with Gasteiger partial charge in [0.05, 0.1) is 32.0 Å². The van der Waals surface area contributed by atoms with Crippen LogP contribution in [0.4, 0.5) is 16.2 Å². The Kier molecular flexibility index (Phi) is 13.0. The van der Waals surface area contributed by atoms with E-state index in [-0.39, 0.29) is 46.5 Å². The number of fused-ring (bicyclic) bond motifs is 1. The Balaban J connectivity index is 1.79. The number of phosphoric ester groups is 1. The van der Waals surface area contributed by atoms with E-state index >= 15 is 4.39 Å². The molecule has 4 atom stereocenters. The van der Waals surface area contributed by atoms with E-state index in [9.17, 15) is 19.3 Å². The number of nitrogens with two attached hydrogens (primary N) is 1. The number of nitrogen functional groups attached to an aromatic ring is 1. The van der Waals surface area contributed by atoms with Crippen LogP contribution >= 0.6 is 42.9 Å². The van der Waals surface area contributed by atoms with Crippen LogP contribution in [0.3, 0.4) is 0 Å². The van der Waals surface area contributed by atoms with Gasteiger partial charge in [0, 0.05) is 36.4 Å². The van der Waals surface area contributed by atoms with E-state index < -0.39 is 55.2 Å². The van der Waals surface area contributed by atoms with Crippen LogP contribution in [0.2, 0.25) is 0 Å². The summed E-state index contributed by atoms with van der Waals surface area (Å²) >= 11 is 8.24. The van der Waals surface area contributed by atoms with Crippen molar-refractivity contribution in [3.63, 3.8) is 0 Å². The number of rotatable bonds is 14. The fourth-order valence-electron chi connectivity index (χ4n) is 4.02. The van der Waals surface area contributed by atoms with Gasteiger partial charge in [0.1, 0.15) is 11.7 Å². The third-order valence-corrected chi connectivity index (χ3v) is 11.0. The maximum Gasteiger partial charge on any atom is 0.474 e. The number of aromatic nitrogens is 4. The number of carbonyl (C=O) groups is 2. The van der Waals surface area contributed by atoms with Crippen molar-refractivity contribution >= 4 is 76.1 Å². The normalized spacial score (nSPS) is 22.5. The van der Waals surface area contributed by atoms with Crippen molar-refractivity contribution in [2.75, 3.05) is 61.9 Å². The first-order chi connectivity index (χ1) is 21.2. The second kappa shape index (κ2) is 15.3. The molecule has 19 heteroatoms. The third kappa shape index (κ3) is 9.32. The van der Waals surface area contributed by atoms with E-state index in [1.54, 1.807) is 60.5 Å². The van der Waals surface area contributed by atoms with Crippen molar-refractivity contribution in [1.82, 2.24) is 19.5 Å². The van der Waals surface area contributed by atoms with Crippen molar-refractivity contribution in [2.45, 2.75) is 65.6 Å². The third-order valence-electron chi connectivity index (χ3n) is 6.64.